The molecule has 4 aromatic heterocycles. The van der Waals surface area contributed by atoms with E-state index in [0.29, 0.717) is 28.0 Å². The molecular formula is C44H77B2ClFI2N4O10Si. The first-order chi connectivity index (χ1) is 30.3. The summed E-state index contributed by atoms with van der Waals surface area (Å²) < 4.78 is 59.6. The van der Waals surface area contributed by atoms with Crippen LogP contribution in [0.1, 0.15) is 158 Å². The van der Waals surface area contributed by atoms with Crippen LogP contribution in [0.15, 0.2) is 24.2 Å². The van der Waals surface area contributed by atoms with E-state index >= 15 is 0 Å². The van der Waals surface area contributed by atoms with Crippen molar-refractivity contribution >= 4 is 83.9 Å². The van der Waals surface area contributed by atoms with Gasteiger partial charge in [-0.15, -0.1) is 0 Å². The van der Waals surface area contributed by atoms with Crippen molar-refractivity contribution in [1.82, 2.24) is 20.6 Å². The van der Waals surface area contributed by atoms with Crippen molar-refractivity contribution in [1.29, 1.82) is 0 Å². The average molecular weight is 1180 g/mol. The third-order valence-electron chi connectivity index (χ3n) is 11.6. The van der Waals surface area contributed by atoms with Crippen LogP contribution in [0, 0.1) is 34.8 Å². The van der Waals surface area contributed by atoms with Gasteiger partial charge in [-0.25, -0.2) is 0 Å². The molecule has 21 heteroatoms. The predicted octanol–water partition coefficient (Wildman–Crippen LogP) is 11.7. The number of alkyl halides is 1. The molecule has 0 aliphatic carbocycles. The molecule has 4 aromatic rings. The Labute approximate surface area is 424 Å². The topological polar surface area (TPSA) is 181 Å². The van der Waals surface area contributed by atoms with Crippen molar-refractivity contribution in [3.63, 3.8) is 0 Å². The summed E-state index contributed by atoms with van der Waals surface area (Å²) in [5, 5.41) is 32.0. The van der Waals surface area contributed by atoms with Crippen molar-refractivity contribution in [3.05, 3.63) is 59.0 Å². The van der Waals surface area contributed by atoms with Crippen LogP contribution >= 0.6 is 56.3 Å². The highest BCUT2D eigenvalue weighted by molar-refractivity contribution is 14.1. The fourth-order valence-corrected chi connectivity index (χ4v) is 11.1. The summed E-state index contributed by atoms with van der Waals surface area (Å²) in [7, 11) is -1.47. The summed E-state index contributed by atoms with van der Waals surface area (Å²) in [5.41, 5.74) is 5.16. The Morgan fingerprint density at radius 2 is 1.06 bits per heavy atom. The molecule has 0 saturated carbocycles. The van der Waals surface area contributed by atoms with Gasteiger partial charge in [-0.1, -0.05) is 76.0 Å². The van der Waals surface area contributed by atoms with Crippen molar-refractivity contribution < 1.29 is 52.7 Å². The zero-order valence-electron chi connectivity index (χ0n) is 43.5. The molecule has 14 nitrogen and oxygen atoms in total. The van der Waals surface area contributed by atoms with Crippen molar-refractivity contribution in [2.24, 2.45) is 0 Å². The van der Waals surface area contributed by atoms with Gasteiger partial charge in [-0.3, -0.25) is 4.39 Å². The minimum atomic E-state index is -1.51. The SMILES string of the molecule is CC(C)[Si](Cl)(C(C)C)C(C)C.CC1(C)O[B]OC1(C)C.CCc1noc(C)c1B1OC(C)(C)C(C)(C)O1.CCc1noc(C)c1I.Cc1cc(CO)no1.Cc1onc(CO)c1I.[2H]CF. The Morgan fingerprint density at radius 1 is 0.677 bits per heavy atom. The van der Waals surface area contributed by atoms with E-state index in [1.165, 1.54) is 7.69 Å². The largest absolute Gasteiger partial charge is 0.500 e. The quantitative estimate of drug-likeness (QED) is 0.0966. The molecule has 1 radical (unpaired) electrons. The standard InChI is InChI=1S/C12H20BNO3.C9H21ClSi.C6H12BO2.C6H8INO.C5H6INO2.C5H7NO2.CH3F/c1-7-9-10(8(2)15-14-9)13-16-11(3,4)12(5,6)17-13;1-7(2)11(10,8(3)4)9(5)6;1-5(2)6(3,4)9-7-8-5;1-3-5-6(7)4(2)9-8-5;1-3-5(6)4(2-8)7-9-3;1-4-2-5(3-7)6-8-4;1-2/h7H2,1-6H3;7-9H,1-6H3;1-4H3;3H2,1-2H3;8H,2H2,1H3;2,7H,3H2,1H3;1H3/i;;;;;;1D. The van der Waals surface area contributed by atoms with Gasteiger partial charge in [-0.05, 0) is 158 Å². The van der Waals surface area contributed by atoms with Crippen molar-refractivity contribution in [3.8, 4) is 0 Å². The lowest BCUT2D eigenvalue weighted by molar-refractivity contribution is 0.00578. The van der Waals surface area contributed by atoms with Crippen LogP contribution in [0.3, 0.4) is 0 Å². The van der Waals surface area contributed by atoms with Crippen LogP contribution in [0.2, 0.25) is 16.6 Å². The van der Waals surface area contributed by atoms with Gasteiger partial charge in [0, 0.05) is 11.5 Å². The van der Waals surface area contributed by atoms with E-state index in [4.69, 9.17) is 54.8 Å². The highest BCUT2D eigenvalue weighted by Gasteiger charge is 2.53. The average Bonchev–Trinajstić information content (AvgIpc) is 4.07. The maximum Gasteiger partial charge on any atom is 0.500 e. The molecule has 0 amide bonds. The van der Waals surface area contributed by atoms with Crippen molar-refractivity contribution in [2.75, 3.05) is 7.15 Å². The molecule has 2 aliphatic rings. The maximum atomic E-state index is 9.96. The minimum Gasteiger partial charge on any atom is -0.405 e. The van der Waals surface area contributed by atoms with Crippen LogP contribution in [0.5, 0.6) is 0 Å². The molecule has 6 rings (SSSR count). The van der Waals surface area contributed by atoms with Crippen LogP contribution in [-0.2, 0) is 44.7 Å². The van der Waals surface area contributed by atoms with Crippen LogP contribution in [-0.4, -0.2) is 82.6 Å². The van der Waals surface area contributed by atoms with E-state index in [1.807, 2.05) is 83.1 Å². The number of nitrogens with zero attached hydrogens (tertiary/aromatic N) is 4. The molecule has 65 heavy (non-hydrogen) atoms. The van der Waals surface area contributed by atoms with E-state index in [0.717, 1.165) is 59.9 Å². The molecule has 371 valence electrons. The van der Waals surface area contributed by atoms with Crippen LogP contribution in [0.4, 0.5) is 4.39 Å². The molecule has 0 spiro atoms. The Hall–Kier alpha value is -1.37. The number of aliphatic hydroxyl groups is 2. The number of halogens is 4. The Balaban J connectivity index is 0.000000775. The first-order valence-corrected chi connectivity index (χ1v) is 27.1. The zero-order valence-corrected chi connectivity index (χ0v) is 48.5. The molecule has 2 N–H and O–H groups in total. The third kappa shape index (κ3) is 18.1. The number of aliphatic hydroxyl groups excluding tert-OH is 2. The second kappa shape index (κ2) is 28.3. The first-order valence-electron chi connectivity index (χ1n) is 22.4. The number of hydrogen-bond donors (Lipinski definition) is 2. The smallest absolute Gasteiger partial charge is 0.405 e. The van der Waals surface area contributed by atoms with Gasteiger partial charge in [0.2, 0.25) is 0 Å². The first kappa shape index (κ1) is 61.6. The molecule has 0 bridgehead atoms. The van der Waals surface area contributed by atoms with E-state index in [1.54, 1.807) is 13.0 Å². The van der Waals surface area contributed by atoms with Crippen LogP contribution < -0.4 is 5.46 Å². The molecule has 6 heterocycles. The summed E-state index contributed by atoms with van der Waals surface area (Å²) >= 11 is 11.0. The minimum absolute atomic E-state index is 0.0443. The van der Waals surface area contributed by atoms with Gasteiger partial charge in [-0.2, -0.15) is 11.1 Å². The number of aromatic nitrogens is 4. The summed E-state index contributed by atoms with van der Waals surface area (Å²) in [6, 6.07) is 1.69. The summed E-state index contributed by atoms with van der Waals surface area (Å²) in [6.45, 7) is 41.2. The van der Waals surface area contributed by atoms with Gasteiger partial charge >= 0.3 is 14.8 Å². The highest BCUT2D eigenvalue weighted by Crippen LogP contribution is 2.44. The number of aryl methyl sites for hydroxylation is 6. The number of hydrogen-bond acceptors (Lipinski definition) is 14. The zero-order chi connectivity index (χ0) is 51.6. The summed E-state index contributed by atoms with van der Waals surface area (Å²) in [6.07, 6.45) is 1.77. The van der Waals surface area contributed by atoms with Gasteiger partial charge in [0.1, 0.15) is 34.4 Å². The molecule has 2 saturated heterocycles. The van der Waals surface area contributed by atoms with E-state index in [2.05, 4.69) is 119 Å². The van der Waals surface area contributed by atoms with Crippen LogP contribution in [0.25, 0.3) is 0 Å². The predicted molar refractivity (Wildman–Crippen MR) is 277 cm³/mol. The van der Waals surface area contributed by atoms with Gasteiger partial charge in [0.15, 0.2) is 7.38 Å². The van der Waals surface area contributed by atoms with E-state index < -0.39 is 14.5 Å². The Morgan fingerprint density at radius 3 is 1.28 bits per heavy atom. The lowest BCUT2D eigenvalue weighted by Crippen LogP contribution is -2.41. The van der Waals surface area contributed by atoms with Gasteiger partial charge in [0.25, 0.3) is 0 Å². The normalized spacial score (nSPS) is 16.5. The molecule has 2 aliphatic heterocycles. The summed E-state index contributed by atoms with van der Waals surface area (Å²) in [4.78, 5) is 0. The molecule has 0 unspecified atom stereocenters. The van der Waals surface area contributed by atoms with Crippen molar-refractivity contribution in [2.45, 2.75) is 204 Å². The van der Waals surface area contributed by atoms with Gasteiger partial charge in [0.05, 0.1) is 62.7 Å². The molecule has 0 atom stereocenters. The van der Waals surface area contributed by atoms with Gasteiger partial charge < -0.3 is 46.9 Å². The second-order valence-corrected chi connectivity index (χ2v) is 27.5. The second-order valence-electron chi connectivity index (χ2n) is 18.3. The molecule has 0 aromatic carbocycles. The maximum absolute atomic E-state index is 9.96. The molecule has 2 fully saturated rings. The summed E-state index contributed by atoms with van der Waals surface area (Å²) in [5.74, 6) is 3.20. The van der Waals surface area contributed by atoms with E-state index in [9.17, 15) is 4.39 Å². The Bertz CT molecular complexity index is 1880. The molecular weight excluding hydrogens is 1100 g/mol. The lowest BCUT2D eigenvalue weighted by atomic mass is 9.77. The fraction of sp³-hybridized carbons (Fsp3) is 0.727. The Kier molecular flexibility index (Phi) is 26.9. The lowest BCUT2D eigenvalue weighted by Gasteiger charge is -2.36. The van der Waals surface area contributed by atoms with E-state index in [-0.39, 0.29) is 42.7 Å². The highest BCUT2D eigenvalue weighted by atomic mass is 127. The fourth-order valence-electron chi connectivity index (χ4n) is 6.12. The third-order valence-corrected chi connectivity index (χ3v) is 23.6. The number of rotatable bonds is 8. The monoisotopic (exact) mass is 1180 g/mol.